The van der Waals surface area contributed by atoms with Gasteiger partial charge in [0, 0.05) is 42.9 Å². The van der Waals surface area contributed by atoms with Gasteiger partial charge in [0.05, 0.1) is 19.1 Å². The molecule has 3 aliphatic rings. The zero-order chi connectivity index (χ0) is 58.5. The van der Waals surface area contributed by atoms with E-state index in [-0.39, 0.29) is 69.4 Å². The minimum atomic E-state index is -1.66. The molecule has 2 heterocycles. The lowest BCUT2D eigenvalue weighted by molar-refractivity contribution is -0.142. The molecule has 1 saturated carbocycles. The zero-order valence-electron chi connectivity index (χ0n) is 45.9. The highest BCUT2D eigenvalue weighted by Crippen LogP contribution is 2.48. The van der Waals surface area contributed by atoms with E-state index >= 15 is 0 Å². The average molecular weight is 1150 g/mol. The number of carbonyl (C=O) groups excluding carboxylic acids is 10. The number of amides is 10. The molecule has 10 amide bonds. The maximum atomic E-state index is 15.0. The predicted molar refractivity (Wildman–Crippen MR) is 304 cm³/mol. The van der Waals surface area contributed by atoms with Crippen LogP contribution in [0.1, 0.15) is 109 Å². The lowest BCUT2D eigenvalue weighted by Gasteiger charge is -2.37. The minimum Gasteiger partial charge on any atom is -0.491 e. The fourth-order valence-corrected chi connectivity index (χ4v) is 13.1. The van der Waals surface area contributed by atoms with Crippen molar-refractivity contribution in [3.8, 4) is 5.75 Å². The highest BCUT2D eigenvalue weighted by molar-refractivity contribution is 8.77. The maximum Gasteiger partial charge on any atom is 0.246 e. The Balaban J connectivity index is 1.52. The first-order valence-corrected chi connectivity index (χ1v) is 29.5. The molecule has 1 aliphatic carbocycles. The van der Waals surface area contributed by atoms with Gasteiger partial charge in [-0.2, -0.15) is 0 Å². The third kappa shape index (κ3) is 20.2. The standard InChI is InChI=1S/C54H79N13O11S2/c1-31(2)45-51(76)64-39(27-42(55)68)48(73)65-40(52(77)67-24-12-16-41(67)50(75)62-36(15-11-23-59-53(57)58)46(71)60-29-43(56)69)30-79-80-54(21-9-6-10-22-54)28-44(70)61-37(26-34-17-19-35(20-18-34)78-32(3)4)47(72)63-38(49(74)66-45)25-33-13-7-5-8-14-33/h5,7-8,13-14,17-20,31-32,36-41,45H,6,9-12,15-16,21-30H2,1-4H3,(H2,55,68)(H2,56,69)(H,60,71)(H,61,70)(H,62,75)(H,63,72)(H,64,76)(H,65,73)(H,66,74)(H4,57,58,59)/t36-,37-,38-,39-,40-,41-,45-/m0/s1. The van der Waals surface area contributed by atoms with Gasteiger partial charge in [-0.25, -0.2) is 0 Å². The van der Waals surface area contributed by atoms with Crippen LogP contribution in [0, 0.1) is 5.92 Å². The van der Waals surface area contributed by atoms with E-state index in [0.29, 0.717) is 36.1 Å². The summed E-state index contributed by atoms with van der Waals surface area (Å²) in [6.07, 6.45) is 3.65. The van der Waals surface area contributed by atoms with Crippen LogP contribution in [0.4, 0.5) is 0 Å². The molecule has 0 radical (unpaired) electrons. The molecule has 7 atom stereocenters. The smallest absolute Gasteiger partial charge is 0.246 e. The lowest BCUT2D eigenvalue weighted by Crippen LogP contribution is -2.61. The summed E-state index contributed by atoms with van der Waals surface area (Å²) in [5.41, 5.74) is 23.2. The van der Waals surface area contributed by atoms with Crippen molar-refractivity contribution >= 4 is 86.6 Å². The number of guanidine groups is 1. The highest BCUT2D eigenvalue weighted by Gasteiger charge is 2.42. The number of benzene rings is 2. The van der Waals surface area contributed by atoms with Crippen molar-refractivity contribution in [1.82, 2.24) is 42.1 Å². The quantitative estimate of drug-likeness (QED) is 0.0377. The molecule has 438 valence electrons. The van der Waals surface area contributed by atoms with E-state index in [4.69, 9.17) is 27.7 Å². The Morgan fingerprint density at radius 2 is 1.38 bits per heavy atom. The van der Waals surface area contributed by atoms with E-state index in [0.717, 1.165) is 19.3 Å². The van der Waals surface area contributed by atoms with Crippen molar-refractivity contribution in [2.45, 2.75) is 164 Å². The fraction of sp³-hybridized carbons (Fsp3) is 0.574. The fourth-order valence-electron chi connectivity index (χ4n) is 9.75. The molecule has 24 nitrogen and oxygen atoms in total. The van der Waals surface area contributed by atoms with Gasteiger partial charge in [-0.3, -0.25) is 52.9 Å². The van der Waals surface area contributed by atoms with E-state index in [9.17, 15) is 47.9 Å². The monoisotopic (exact) mass is 1150 g/mol. The van der Waals surface area contributed by atoms with Crippen LogP contribution >= 0.6 is 21.6 Å². The summed E-state index contributed by atoms with van der Waals surface area (Å²) < 4.78 is 5.13. The van der Waals surface area contributed by atoms with E-state index in [2.05, 4.69) is 42.2 Å². The number of likely N-dealkylation sites (tertiary alicyclic amines) is 1. The van der Waals surface area contributed by atoms with Crippen molar-refractivity contribution in [1.29, 1.82) is 0 Å². The zero-order valence-corrected chi connectivity index (χ0v) is 47.6. The van der Waals surface area contributed by atoms with E-state index in [1.807, 2.05) is 13.8 Å². The number of primary amides is 2. The highest BCUT2D eigenvalue weighted by atomic mass is 33.1. The normalized spacial score (nSPS) is 22.8. The van der Waals surface area contributed by atoms with Gasteiger partial charge in [-0.1, -0.05) is 97.2 Å². The molecule has 0 unspecified atom stereocenters. The number of nitrogens with zero attached hydrogens (tertiary/aromatic N) is 2. The van der Waals surface area contributed by atoms with Gasteiger partial charge in [0.2, 0.25) is 59.1 Å². The van der Waals surface area contributed by atoms with E-state index < -0.39 is 125 Å². The van der Waals surface area contributed by atoms with Crippen LogP contribution in [0.2, 0.25) is 0 Å². The summed E-state index contributed by atoms with van der Waals surface area (Å²) >= 11 is 0. The Morgan fingerprint density at radius 3 is 2.00 bits per heavy atom. The minimum absolute atomic E-state index is 0.0149. The van der Waals surface area contributed by atoms with Crippen molar-refractivity contribution in [3.05, 3.63) is 65.7 Å². The van der Waals surface area contributed by atoms with Crippen LogP contribution in [0.3, 0.4) is 0 Å². The van der Waals surface area contributed by atoms with Crippen LogP contribution in [0.15, 0.2) is 59.6 Å². The number of rotatable bonds is 19. The summed E-state index contributed by atoms with van der Waals surface area (Å²) in [6.45, 7) is 6.78. The molecular weight excluding hydrogens is 1070 g/mol. The molecule has 0 aromatic heterocycles. The molecule has 26 heteroatoms. The topological polar surface area (TPSA) is 384 Å². The number of hydrogen-bond donors (Lipinski definition) is 11. The number of ether oxygens (including phenoxy) is 1. The van der Waals surface area contributed by atoms with E-state index in [1.54, 1.807) is 68.4 Å². The third-order valence-electron chi connectivity index (χ3n) is 13.8. The van der Waals surface area contributed by atoms with Gasteiger partial charge in [0.25, 0.3) is 0 Å². The molecule has 2 aliphatic heterocycles. The second-order valence-corrected chi connectivity index (χ2v) is 23.9. The molecule has 5 rings (SSSR count). The third-order valence-corrected chi connectivity index (χ3v) is 17.1. The van der Waals surface area contributed by atoms with Crippen LogP contribution in [0.5, 0.6) is 5.75 Å². The Morgan fingerprint density at radius 1 is 0.750 bits per heavy atom. The summed E-state index contributed by atoms with van der Waals surface area (Å²) in [6, 6.07) is 6.85. The molecule has 0 bridgehead atoms. The molecule has 80 heavy (non-hydrogen) atoms. The number of aliphatic imine (C=N–C) groups is 1. The molecule has 3 fully saturated rings. The summed E-state index contributed by atoms with van der Waals surface area (Å²) in [4.78, 5) is 144. The largest absolute Gasteiger partial charge is 0.491 e. The summed E-state index contributed by atoms with van der Waals surface area (Å²) in [7, 11) is 2.59. The maximum absolute atomic E-state index is 15.0. The van der Waals surface area contributed by atoms with Gasteiger partial charge < -0.3 is 69.8 Å². The Kier molecular flexibility index (Phi) is 24.7. The first-order valence-electron chi connectivity index (χ1n) is 27.1. The van der Waals surface area contributed by atoms with Gasteiger partial charge in [0.15, 0.2) is 5.96 Å². The summed E-state index contributed by atoms with van der Waals surface area (Å²) in [5.74, 6) is -7.89. The molecule has 2 aromatic rings. The predicted octanol–water partition coefficient (Wildman–Crippen LogP) is -0.167. The first-order chi connectivity index (χ1) is 38.0. The Labute approximate surface area is 474 Å². The number of nitrogens with two attached hydrogens (primary N) is 4. The number of carbonyl (C=O) groups is 10. The summed E-state index contributed by atoms with van der Waals surface area (Å²) in [5, 5.41) is 19.0. The van der Waals surface area contributed by atoms with Crippen LogP contribution in [-0.2, 0) is 60.8 Å². The number of nitrogens with one attached hydrogen (secondary N) is 7. The molecule has 2 aromatic carbocycles. The SMILES string of the molecule is CC(C)Oc1ccc(C[C@@H]2NC(=O)CC3(CCCCC3)SSC[C@@H](C(=O)N3CCC[C@H]3C(=O)N[C@@H](CCCN=C(N)N)C(=O)NCC(N)=O)NC(=O)[C@H](CC(N)=O)NC(=O)[C@H](C(C)C)NC(=O)[C@H](Cc3ccccc3)NC2=O)cc1. The first kappa shape index (κ1) is 63.7. The van der Waals surface area contributed by atoms with Gasteiger partial charge >= 0.3 is 0 Å². The van der Waals surface area contributed by atoms with Crippen molar-refractivity contribution in [3.63, 3.8) is 0 Å². The molecular formula is C54H79N13O11S2. The molecule has 2 saturated heterocycles. The van der Waals surface area contributed by atoms with Crippen LogP contribution < -0.4 is 64.9 Å². The Bertz CT molecular complexity index is 2530. The van der Waals surface area contributed by atoms with Crippen molar-refractivity contribution in [2.24, 2.45) is 33.8 Å². The molecule has 15 N–H and O–H groups in total. The second-order valence-electron chi connectivity index (χ2n) is 21.1. The Hall–Kier alpha value is -7.09. The van der Waals surface area contributed by atoms with Crippen molar-refractivity contribution in [2.75, 3.05) is 25.4 Å². The second kappa shape index (κ2) is 31.1. The average Bonchev–Trinajstić information content (AvgIpc) is 3.90. The van der Waals surface area contributed by atoms with Crippen molar-refractivity contribution < 1.29 is 52.7 Å². The van der Waals surface area contributed by atoms with Gasteiger partial charge in [-0.05, 0) is 81.5 Å². The van der Waals surface area contributed by atoms with Gasteiger partial charge in [-0.15, -0.1) is 0 Å². The van der Waals surface area contributed by atoms with E-state index in [1.165, 1.54) is 26.5 Å². The van der Waals surface area contributed by atoms with Gasteiger partial charge in [0.1, 0.15) is 48.0 Å². The molecule has 1 spiro atoms. The van der Waals surface area contributed by atoms with Crippen LogP contribution in [-0.4, -0.2) is 148 Å². The number of hydrogen-bond acceptors (Lipinski definition) is 14. The van der Waals surface area contributed by atoms with Crippen LogP contribution in [0.25, 0.3) is 0 Å². The lowest BCUT2D eigenvalue weighted by atomic mass is 9.85.